The molecule has 21 heavy (non-hydrogen) atoms. The van der Waals surface area contributed by atoms with Crippen LogP contribution in [0.5, 0.6) is 11.5 Å². The van der Waals surface area contributed by atoms with Gasteiger partial charge in [-0.2, -0.15) is 0 Å². The van der Waals surface area contributed by atoms with Crippen LogP contribution in [0.4, 0.5) is 0 Å². The number of benzene rings is 1. The van der Waals surface area contributed by atoms with Crippen LogP contribution in [0.15, 0.2) is 18.2 Å². The van der Waals surface area contributed by atoms with Crippen molar-refractivity contribution in [3.05, 3.63) is 23.8 Å². The van der Waals surface area contributed by atoms with Gasteiger partial charge in [0, 0.05) is 6.61 Å². The van der Waals surface area contributed by atoms with Crippen LogP contribution in [0.1, 0.15) is 31.9 Å². The first kappa shape index (κ1) is 16.1. The molecule has 1 aliphatic heterocycles. The zero-order valence-corrected chi connectivity index (χ0v) is 12.9. The number of ether oxygens (including phenoxy) is 4. The third-order valence-electron chi connectivity index (χ3n) is 3.25. The highest BCUT2D eigenvalue weighted by atomic mass is 16.7. The Bertz CT molecular complexity index is 425. The van der Waals surface area contributed by atoms with Crippen molar-refractivity contribution in [2.45, 2.75) is 26.3 Å². The minimum absolute atomic E-state index is 0.149. The number of nitrogens with one attached hydrogen (secondary N) is 1. The molecule has 1 atom stereocenters. The lowest BCUT2D eigenvalue weighted by atomic mass is 10.1. The summed E-state index contributed by atoms with van der Waals surface area (Å²) >= 11 is 0. The minimum Gasteiger partial charge on any atom is -0.454 e. The van der Waals surface area contributed by atoms with Crippen LogP contribution in [-0.4, -0.2) is 39.8 Å². The molecule has 0 spiro atoms. The van der Waals surface area contributed by atoms with Gasteiger partial charge in [-0.25, -0.2) is 0 Å². The highest BCUT2D eigenvalue weighted by Gasteiger charge is 2.17. The van der Waals surface area contributed by atoms with E-state index in [1.165, 1.54) is 0 Å². The van der Waals surface area contributed by atoms with Crippen LogP contribution in [-0.2, 0) is 9.47 Å². The highest BCUT2D eigenvalue weighted by Crippen LogP contribution is 2.34. The molecule has 1 aliphatic rings. The van der Waals surface area contributed by atoms with Gasteiger partial charge in [-0.05, 0) is 30.7 Å². The SMILES string of the molecule is CCCOCCOCC(NCC)c1ccc2c(c1)OCO2. The molecule has 5 heteroatoms. The van der Waals surface area contributed by atoms with Gasteiger partial charge in [0.05, 0.1) is 25.9 Å². The molecule has 0 radical (unpaired) electrons. The Morgan fingerprint density at radius 3 is 2.71 bits per heavy atom. The van der Waals surface area contributed by atoms with Crippen LogP contribution in [0.2, 0.25) is 0 Å². The van der Waals surface area contributed by atoms with E-state index in [0.29, 0.717) is 26.6 Å². The van der Waals surface area contributed by atoms with Gasteiger partial charge in [0.2, 0.25) is 6.79 Å². The van der Waals surface area contributed by atoms with Crippen LogP contribution in [0.3, 0.4) is 0 Å². The number of hydrogen-bond donors (Lipinski definition) is 1. The fourth-order valence-electron chi connectivity index (χ4n) is 2.21. The molecule has 2 rings (SSSR count). The summed E-state index contributed by atoms with van der Waals surface area (Å²) in [6, 6.07) is 6.17. The second-order valence-electron chi connectivity index (χ2n) is 4.91. The van der Waals surface area contributed by atoms with Crippen molar-refractivity contribution in [1.82, 2.24) is 5.32 Å². The molecular weight excluding hydrogens is 270 g/mol. The molecular formula is C16H25NO4. The smallest absolute Gasteiger partial charge is 0.231 e. The minimum atomic E-state index is 0.149. The Balaban J connectivity index is 1.83. The van der Waals surface area contributed by atoms with Crippen molar-refractivity contribution in [2.24, 2.45) is 0 Å². The Hall–Kier alpha value is -1.30. The van der Waals surface area contributed by atoms with Gasteiger partial charge in [-0.15, -0.1) is 0 Å². The maximum absolute atomic E-state index is 5.71. The predicted octanol–water partition coefficient (Wildman–Crippen LogP) is 2.51. The molecule has 1 heterocycles. The van der Waals surface area contributed by atoms with E-state index in [0.717, 1.165) is 36.6 Å². The highest BCUT2D eigenvalue weighted by molar-refractivity contribution is 5.45. The van der Waals surface area contributed by atoms with E-state index in [2.05, 4.69) is 25.2 Å². The molecule has 0 saturated heterocycles. The molecule has 1 aromatic rings. The van der Waals surface area contributed by atoms with Crippen molar-refractivity contribution in [1.29, 1.82) is 0 Å². The number of hydrogen-bond acceptors (Lipinski definition) is 5. The second-order valence-corrected chi connectivity index (χ2v) is 4.91. The van der Waals surface area contributed by atoms with E-state index >= 15 is 0 Å². The standard InChI is InChI=1S/C16H25NO4/c1-3-7-18-8-9-19-11-14(17-4-2)13-5-6-15-16(10-13)21-12-20-15/h5-6,10,14,17H,3-4,7-9,11-12H2,1-2H3. The van der Waals surface area contributed by atoms with Gasteiger partial charge in [0.25, 0.3) is 0 Å². The van der Waals surface area contributed by atoms with E-state index in [-0.39, 0.29) is 6.04 Å². The van der Waals surface area contributed by atoms with Crippen LogP contribution in [0.25, 0.3) is 0 Å². The molecule has 0 saturated carbocycles. The van der Waals surface area contributed by atoms with Gasteiger partial charge in [-0.1, -0.05) is 19.9 Å². The fraction of sp³-hybridized carbons (Fsp3) is 0.625. The maximum atomic E-state index is 5.71. The molecule has 0 fully saturated rings. The Morgan fingerprint density at radius 1 is 1.10 bits per heavy atom. The largest absolute Gasteiger partial charge is 0.454 e. The third kappa shape index (κ3) is 4.88. The first-order valence-corrected chi connectivity index (χ1v) is 7.63. The molecule has 0 amide bonds. The molecule has 1 unspecified atom stereocenters. The van der Waals surface area contributed by atoms with E-state index in [1.54, 1.807) is 0 Å². The van der Waals surface area contributed by atoms with Crippen molar-refractivity contribution in [3.8, 4) is 11.5 Å². The van der Waals surface area contributed by atoms with Crippen molar-refractivity contribution >= 4 is 0 Å². The number of likely N-dealkylation sites (N-methyl/N-ethyl adjacent to an activating group) is 1. The molecule has 5 nitrogen and oxygen atoms in total. The second kappa shape index (κ2) is 8.87. The zero-order valence-electron chi connectivity index (χ0n) is 12.9. The van der Waals surface area contributed by atoms with Crippen molar-refractivity contribution in [2.75, 3.05) is 39.8 Å². The summed E-state index contributed by atoms with van der Waals surface area (Å²) in [6.07, 6.45) is 1.04. The van der Waals surface area contributed by atoms with Crippen LogP contribution >= 0.6 is 0 Å². The van der Waals surface area contributed by atoms with Crippen LogP contribution < -0.4 is 14.8 Å². The van der Waals surface area contributed by atoms with Gasteiger partial charge in [-0.3, -0.25) is 0 Å². The summed E-state index contributed by atoms with van der Waals surface area (Å²) in [5.41, 5.74) is 1.15. The summed E-state index contributed by atoms with van der Waals surface area (Å²) in [5.74, 6) is 1.62. The Morgan fingerprint density at radius 2 is 1.90 bits per heavy atom. The normalized spacial score (nSPS) is 14.4. The van der Waals surface area contributed by atoms with Crippen molar-refractivity contribution in [3.63, 3.8) is 0 Å². The first-order valence-electron chi connectivity index (χ1n) is 7.63. The molecule has 1 N–H and O–H groups in total. The fourth-order valence-corrected chi connectivity index (χ4v) is 2.21. The molecule has 0 aromatic heterocycles. The third-order valence-corrected chi connectivity index (χ3v) is 3.25. The molecule has 0 bridgehead atoms. The lowest BCUT2D eigenvalue weighted by Gasteiger charge is -2.19. The summed E-state index contributed by atoms with van der Waals surface area (Å²) in [7, 11) is 0. The van der Waals surface area contributed by atoms with E-state index in [9.17, 15) is 0 Å². The zero-order chi connectivity index (χ0) is 14.9. The topological polar surface area (TPSA) is 49.0 Å². The number of rotatable bonds is 10. The average Bonchev–Trinajstić information content (AvgIpc) is 2.97. The average molecular weight is 295 g/mol. The van der Waals surface area contributed by atoms with Gasteiger partial charge in [0.15, 0.2) is 11.5 Å². The van der Waals surface area contributed by atoms with Gasteiger partial charge >= 0.3 is 0 Å². The van der Waals surface area contributed by atoms with Crippen LogP contribution in [0, 0.1) is 0 Å². The van der Waals surface area contributed by atoms with Gasteiger partial charge < -0.3 is 24.3 Å². The molecule has 118 valence electrons. The van der Waals surface area contributed by atoms with E-state index in [4.69, 9.17) is 18.9 Å². The van der Waals surface area contributed by atoms with E-state index < -0.39 is 0 Å². The molecule has 1 aromatic carbocycles. The summed E-state index contributed by atoms with van der Waals surface area (Å²) in [4.78, 5) is 0. The predicted molar refractivity (Wildman–Crippen MR) is 80.9 cm³/mol. The summed E-state index contributed by atoms with van der Waals surface area (Å²) in [6.45, 7) is 8.04. The lowest BCUT2D eigenvalue weighted by Crippen LogP contribution is -2.26. The maximum Gasteiger partial charge on any atom is 0.231 e. The quantitative estimate of drug-likeness (QED) is 0.672. The number of fused-ring (bicyclic) bond motifs is 1. The van der Waals surface area contributed by atoms with Gasteiger partial charge in [0.1, 0.15) is 0 Å². The lowest BCUT2D eigenvalue weighted by molar-refractivity contribution is 0.0393. The van der Waals surface area contributed by atoms with E-state index in [1.807, 2.05) is 12.1 Å². The monoisotopic (exact) mass is 295 g/mol. The summed E-state index contributed by atoms with van der Waals surface area (Å²) in [5, 5.41) is 3.43. The summed E-state index contributed by atoms with van der Waals surface area (Å²) < 4.78 is 21.9. The van der Waals surface area contributed by atoms with Crippen molar-refractivity contribution < 1.29 is 18.9 Å². The Kier molecular flexibility index (Phi) is 6.79. The molecule has 0 aliphatic carbocycles. The Labute approximate surface area is 126 Å². The first-order chi connectivity index (χ1) is 10.3.